The van der Waals surface area contributed by atoms with Crippen molar-refractivity contribution in [2.45, 2.75) is 38.0 Å². The summed E-state index contributed by atoms with van der Waals surface area (Å²) < 4.78 is 41.2. The normalized spacial score (nSPS) is 18.1. The molecule has 1 aliphatic heterocycles. The molecular formula is C11H18F3NO3. The van der Waals surface area contributed by atoms with E-state index in [2.05, 4.69) is 0 Å². The summed E-state index contributed by atoms with van der Waals surface area (Å²) in [5.74, 6) is -0.451. The number of carbonyl (C=O) groups is 1. The van der Waals surface area contributed by atoms with Gasteiger partial charge in [-0.25, -0.2) is 0 Å². The van der Waals surface area contributed by atoms with Crippen LogP contribution in [0.1, 0.15) is 25.7 Å². The largest absolute Gasteiger partial charge is 0.394 e. The number of amides is 1. The second-order valence-electron chi connectivity index (χ2n) is 4.29. The van der Waals surface area contributed by atoms with Gasteiger partial charge in [0.05, 0.1) is 25.7 Å². The van der Waals surface area contributed by atoms with E-state index in [4.69, 9.17) is 9.84 Å². The molecule has 1 rings (SSSR count). The Labute approximate surface area is 104 Å². The third-order valence-electron chi connectivity index (χ3n) is 2.86. The summed E-state index contributed by atoms with van der Waals surface area (Å²) in [6.45, 7) is 1.05. The Balaban J connectivity index is 2.23. The summed E-state index contributed by atoms with van der Waals surface area (Å²) in [7, 11) is 0. The number of aliphatic hydroxyl groups is 1. The first-order valence-electron chi connectivity index (χ1n) is 5.99. The molecule has 1 aliphatic rings. The summed E-state index contributed by atoms with van der Waals surface area (Å²) in [6, 6.07) is 0. The molecule has 0 aromatic rings. The highest BCUT2D eigenvalue weighted by Crippen LogP contribution is 2.23. The van der Waals surface area contributed by atoms with Crippen molar-refractivity contribution in [2.24, 2.45) is 0 Å². The van der Waals surface area contributed by atoms with Crippen LogP contribution in [0.4, 0.5) is 13.2 Å². The minimum absolute atomic E-state index is 0.0104. The van der Waals surface area contributed by atoms with Crippen LogP contribution in [0.15, 0.2) is 0 Å². The monoisotopic (exact) mass is 269 g/mol. The quantitative estimate of drug-likeness (QED) is 0.819. The zero-order valence-electron chi connectivity index (χ0n) is 10.1. The van der Waals surface area contributed by atoms with Gasteiger partial charge in [-0.05, 0) is 12.8 Å². The van der Waals surface area contributed by atoms with Gasteiger partial charge in [0.2, 0.25) is 5.91 Å². The molecule has 0 bridgehead atoms. The zero-order valence-corrected chi connectivity index (χ0v) is 10.1. The number of piperidine rings is 1. The average molecular weight is 269 g/mol. The highest BCUT2D eigenvalue weighted by molar-refractivity contribution is 5.76. The number of carbonyl (C=O) groups excluding carboxylic acids is 1. The SMILES string of the molecule is O=C(CCC(F)(F)F)N1CCC(OCCO)CC1. The van der Waals surface area contributed by atoms with Crippen LogP contribution in [0.5, 0.6) is 0 Å². The van der Waals surface area contributed by atoms with Gasteiger partial charge in [0.15, 0.2) is 0 Å². The number of hydrogen-bond acceptors (Lipinski definition) is 3. The van der Waals surface area contributed by atoms with E-state index in [0.29, 0.717) is 25.9 Å². The van der Waals surface area contributed by atoms with Gasteiger partial charge in [0.25, 0.3) is 0 Å². The van der Waals surface area contributed by atoms with Gasteiger partial charge in [-0.15, -0.1) is 0 Å². The summed E-state index contributed by atoms with van der Waals surface area (Å²) >= 11 is 0. The minimum atomic E-state index is -4.28. The van der Waals surface area contributed by atoms with Crippen molar-refractivity contribution in [1.82, 2.24) is 4.90 Å². The molecule has 1 amide bonds. The molecule has 106 valence electrons. The zero-order chi connectivity index (χ0) is 13.6. The average Bonchev–Trinajstić information content (AvgIpc) is 2.33. The maximum absolute atomic E-state index is 12.0. The Morgan fingerprint density at radius 3 is 2.44 bits per heavy atom. The molecule has 1 saturated heterocycles. The molecule has 18 heavy (non-hydrogen) atoms. The lowest BCUT2D eigenvalue weighted by Crippen LogP contribution is -2.41. The van der Waals surface area contributed by atoms with Crippen molar-refractivity contribution >= 4 is 5.91 Å². The standard InChI is InChI=1S/C11H18F3NO3/c12-11(13,14)4-1-10(17)15-5-2-9(3-6-15)18-8-7-16/h9,16H,1-8H2. The van der Waals surface area contributed by atoms with Gasteiger partial charge in [0.1, 0.15) is 0 Å². The van der Waals surface area contributed by atoms with Gasteiger partial charge < -0.3 is 14.7 Å². The van der Waals surface area contributed by atoms with E-state index in [1.54, 1.807) is 0 Å². The van der Waals surface area contributed by atoms with Crippen LogP contribution in [0.3, 0.4) is 0 Å². The predicted octanol–water partition coefficient (Wildman–Crippen LogP) is 1.33. The molecule has 0 saturated carbocycles. The van der Waals surface area contributed by atoms with Crippen LogP contribution in [0, 0.1) is 0 Å². The number of alkyl halides is 3. The Morgan fingerprint density at radius 1 is 1.33 bits per heavy atom. The van der Waals surface area contributed by atoms with Crippen LogP contribution in [0.25, 0.3) is 0 Å². The Morgan fingerprint density at radius 2 is 1.94 bits per heavy atom. The fourth-order valence-corrected chi connectivity index (χ4v) is 1.90. The third kappa shape index (κ3) is 5.68. The number of rotatable bonds is 5. The molecule has 7 heteroatoms. The molecule has 0 atom stereocenters. The Bertz CT molecular complexity index is 263. The molecule has 0 unspecified atom stereocenters. The van der Waals surface area contributed by atoms with Gasteiger partial charge in [0, 0.05) is 19.5 Å². The molecule has 0 radical (unpaired) electrons. The smallest absolute Gasteiger partial charge is 0.389 e. The highest BCUT2D eigenvalue weighted by Gasteiger charge is 2.30. The van der Waals surface area contributed by atoms with E-state index in [1.165, 1.54) is 4.90 Å². The van der Waals surface area contributed by atoms with Gasteiger partial charge >= 0.3 is 6.18 Å². The number of aliphatic hydroxyl groups excluding tert-OH is 1. The maximum atomic E-state index is 12.0. The molecule has 0 aromatic heterocycles. The number of likely N-dealkylation sites (tertiary alicyclic amines) is 1. The molecule has 0 aliphatic carbocycles. The van der Waals surface area contributed by atoms with Crippen molar-refractivity contribution in [1.29, 1.82) is 0 Å². The van der Waals surface area contributed by atoms with Crippen molar-refractivity contribution < 1.29 is 27.8 Å². The van der Waals surface area contributed by atoms with Crippen molar-refractivity contribution in [3.05, 3.63) is 0 Å². The maximum Gasteiger partial charge on any atom is 0.389 e. The van der Waals surface area contributed by atoms with Crippen LogP contribution in [0.2, 0.25) is 0 Å². The minimum Gasteiger partial charge on any atom is -0.394 e. The lowest BCUT2D eigenvalue weighted by molar-refractivity contribution is -0.150. The number of ether oxygens (including phenoxy) is 1. The van der Waals surface area contributed by atoms with E-state index < -0.39 is 24.9 Å². The molecule has 0 spiro atoms. The fraction of sp³-hybridized carbons (Fsp3) is 0.909. The van der Waals surface area contributed by atoms with Crippen molar-refractivity contribution in [3.8, 4) is 0 Å². The lowest BCUT2D eigenvalue weighted by atomic mass is 10.1. The third-order valence-corrected chi connectivity index (χ3v) is 2.86. The molecular weight excluding hydrogens is 251 g/mol. The second kappa shape index (κ2) is 6.94. The highest BCUT2D eigenvalue weighted by atomic mass is 19.4. The summed E-state index contributed by atoms with van der Waals surface area (Å²) in [5, 5.41) is 8.59. The Kier molecular flexibility index (Phi) is 5.87. The predicted molar refractivity (Wildman–Crippen MR) is 57.9 cm³/mol. The van der Waals surface area contributed by atoms with Gasteiger partial charge in [-0.3, -0.25) is 4.79 Å². The van der Waals surface area contributed by atoms with E-state index >= 15 is 0 Å². The first-order chi connectivity index (χ1) is 8.42. The second-order valence-corrected chi connectivity index (χ2v) is 4.29. The van der Waals surface area contributed by atoms with Crippen LogP contribution in [-0.4, -0.2) is 54.5 Å². The number of nitrogens with zero attached hydrogens (tertiary/aromatic N) is 1. The summed E-state index contributed by atoms with van der Waals surface area (Å²) in [4.78, 5) is 13.0. The molecule has 0 aromatic carbocycles. The van der Waals surface area contributed by atoms with E-state index in [-0.39, 0.29) is 19.3 Å². The lowest BCUT2D eigenvalue weighted by Gasteiger charge is -2.32. The van der Waals surface area contributed by atoms with Gasteiger partial charge in [-0.1, -0.05) is 0 Å². The molecule has 1 heterocycles. The van der Waals surface area contributed by atoms with Crippen molar-refractivity contribution in [3.63, 3.8) is 0 Å². The fourth-order valence-electron chi connectivity index (χ4n) is 1.90. The topological polar surface area (TPSA) is 49.8 Å². The van der Waals surface area contributed by atoms with Gasteiger partial charge in [-0.2, -0.15) is 13.2 Å². The number of halogens is 3. The van der Waals surface area contributed by atoms with E-state index in [9.17, 15) is 18.0 Å². The van der Waals surface area contributed by atoms with Crippen LogP contribution in [-0.2, 0) is 9.53 Å². The van der Waals surface area contributed by atoms with E-state index in [0.717, 1.165) is 0 Å². The molecule has 1 fully saturated rings. The first kappa shape index (κ1) is 15.2. The Hall–Kier alpha value is -0.820. The van der Waals surface area contributed by atoms with E-state index in [1.807, 2.05) is 0 Å². The summed E-state index contributed by atoms with van der Waals surface area (Å²) in [6.07, 6.45) is -4.62. The molecule has 1 N–H and O–H groups in total. The van der Waals surface area contributed by atoms with Crippen molar-refractivity contribution in [2.75, 3.05) is 26.3 Å². The molecule has 4 nitrogen and oxygen atoms in total. The van der Waals surface area contributed by atoms with Crippen LogP contribution >= 0.6 is 0 Å². The number of hydrogen-bond donors (Lipinski definition) is 1. The summed E-state index contributed by atoms with van der Waals surface area (Å²) in [5.41, 5.74) is 0. The first-order valence-corrected chi connectivity index (χ1v) is 5.99. The van der Waals surface area contributed by atoms with Crippen LogP contribution < -0.4 is 0 Å².